The van der Waals surface area contributed by atoms with Crippen LogP contribution in [0.2, 0.25) is 0 Å². The maximum absolute atomic E-state index is 13.5. The summed E-state index contributed by atoms with van der Waals surface area (Å²) in [5.74, 6) is -8.24. The van der Waals surface area contributed by atoms with E-state index in [4.69, 9.17) is 37.9 Å². The van der Waals surface area contributed by atoms with E-state index >= 15 is 0 Å². The summed E-state index contributed by atoms with van der Waals surface area (Å²) < 4.78 is 47.2. The molecule has 6 bridgehead atoms. The van der Waals surface area contributed by atoms with E-state index in [1.165, 1.54) is 46.3 Å². The van der Waals surface area contributed by atoms with Crippen molar-refractivity contribution in [2.75, 3.05) is 14.2 Å². The first kappa shape index (κ1) is 53.1. The van der Waals surface area contributed by atoms with Crippen LogP contribution < -0.4 is 0 Å². The summed E-state index contributed by atoms with van der Waals surface area (Å²) in [7, 11) is 2.46. The molecule has 0 amide bonds. The number of rotatable bonds is 11. The van der Waals surface area contributed by atoms with Crippen molar-refractivity contribution in [3.8, 4) is 0 Å². The highest BCUT2D eigenvalue weighted by Crippen LogP contribution is 2.50. The number of cyclic esters (lactones) is 1. The van der Waals surface area contributed by atoms with Gasteiger partial charge in [0.25, 0.3) is 0 Å². The van der Waals surface area contributed by atoms with Crippen molar-refractivity contribution >= 4 is 23.9 Å². The van der Waals surface area contributed by atoms with Gasteiger partial charge < -0.3 is 63.4 Å². The van der Waals surface area contributed by atoms with E-state index < -0.39 is 120 Å². The van der Waals surface area contributed by atoms with Crippen LogP contribution in [-0.2, 0) is 57.1 Å². The summed E-state index contributed by atoms with van der Waals surface area (Å²) in [5, 5.41) is 58.0. The SMILES string of the molecule is CCC/C=C/C=C/C(=O)O[C@H]1C(CC(=O)OC)C[C@H]2CC([C@@H](C)O)OC(=O)C[C@H](O)C[C@@H]3C[C@H](OC(C)O)C(C)(C)[C@](O)(C[C@@H]4C/C(=C/C(=O)OC)C[C@H](/C=C/C(C)(C)C1(O)O2)O4)O3. The highest BCUT2D eigenvalue weighted by molar-refractivity contribution is 5.83. The van der Waals surface area contributed by atoms with Gasteiger partial charge in [0.05, 0.1) is 69.8 Å². The molecule has 64 heavy (non-hydrogen) atoms. The minimum absolute atomic E-state index is 0.00172. The summed E-state index contributed by atoms with van der Waals surface area (Å²) in [6.45, 7) is 11.6. The lowest BCUT2D eigenvalue weighted by Gasteiger charge is -2.54. The first-order valence-corrected chi connectivity index (χ1v) is 22.4. The molecule has 5 N–H and O–H groups in total. The Morgan fingerprint density at radius 1 is 0.906 bits per heavy atom. The molecule has 3 saturated heterocycles. The number of carbonyl (C=O) groups is 4. The molecular formula is C47H72O17. The predicted molar refractivity (Wildman–Crippen MR) is 229 cm³/mol. The maximum Gasteiger partial charge on any atom is 0.331 e. The van der Waals surface area contributed by atoms with Gasteiger partial charge in [-0.05, 0) is 39.5 Å². The van der Waals surface area contributed by atoms with E-state index in [1.54, 1.807) is 45.9 Å². The van der Waals surface area contributed by atoms with Gasteiger partial charge in [0.15, 0.2) is 18.2 Å². The molecule has 0 spiro atoms. The summed E-state index contributed by atoms with van der Waals surface area (Å²) >= 11 is 0. The molecule has 4 aliphatic heterocycles. The number of carbonyl (C=O) groups excluding carboxylic acids is 4. The molecular weight excluding hydrogens is 836 g/mol. The standard InChI is InChI=1S/C47H72O17/c1-10-11-12-13-14-15-39(51)62-43-31(22-41(53)58-9)21-34-25-37(28(2)48)61-42(54)24-32(50)23-35-26-38(59-29(3)49)45(6,7)46(55,63-35)27-36-19-30(20-40(52)57-8)18-33(60-36)16-17-44(4,5)47(43,56)64-34/h12-17,20,28-29,31-38,43,48-50,55-56H,10-11,18-19,21-27H2,1-9H3/b13-12+,15-14+,17-16+,30-20+/t28-,29?,31?,32-,33+,34+,35-,36+,37?,38+,43+,46+,47?/m1/s1. The van der Waals surface area contributed by atoms with E-state index in [0.29, 0.717) is 5.57 Å². The molecule has 0 saturated carbocycles. The number of fused-ring (bicyclic) bond motifs is 6. The topological polar surface area (TPSA) is 243 Å². The average Bonchev–Trinajstić information content (AvgIpc) is 3.19. The number of esters is 4. The fourth-order valence-corrected chi connectivity index (χ4v) is 9.03. The van der Waals surface area contributed by atoms with Crippen molar-refractivity contribution in [2.24, 2.45) is 16.7 Å². The Kier molecular flexibility index (Phi) is 18.9. The third-order valence-electron chi connectivity index (χ3n) is 12.8. The summed E-state index contributed by atoms with van der Waals surface area (Å²) in [6, 6.07) is 0. The van der Waals surface area contributed by atoms with Crippen LogP contribution >= 0.6 is 0 Å². The third kappa shape index (κ3) is 13.8. The van der Waals surface area contributed by atoms with Gasteiger partial charge in [0.2, 0.25) is 5.79 Å². The van der Waals surface area contributed by atoms with Gasteiger partial charge in [-0.2, -0.15) is 0 Å². The average molecular weight is 909 g/mol. The van der Waals surface area contributed by atoms with Gasteiger partial charge >= 0.3 is 23.9 Å². The molecule has 0 aromatic rings. The molecule has 0 aromatic heterocycles. The molecule has 0 radical (unpaired) electrons. The van der Waals surface area contributed by atoms with Gasteiger partial charge in [0.1, 0.15) is 6.10 Å². The lowest BCUT2D eigenvalue weighted by Crippen LogP contribution is -2.64. The normalized spacial score (nSPS) is 36.9. The lowest BCUT2D eigenvalue weighted by atomic mass is 9.70. The zero-order valence-electron chi connectivity index (χ0n) is 38.8. The quantitative estimate of drug-likeness (QED) is 0.0488. The van der Waals surface area contributed by atoms with Crippen LogP contribution in [0.25, 0.3) is 0 Å². The van der Waals surface area contributed by atoms with Crippen molar-refractivity contribution in [1.29, 1.82) is 0 Å². The summed E-state index contributed by atoms with van der Waals surface area (Å²) in [6.07, 6.45) is 1.07. The molecule has 17 heteroatoms. The Bertz CT molecular complexity index is 1720. The molecule has 3 fully saturated rings. The van der Waals surface area contributed by atoms with Crippen LogP contribution in [0.15, 0.2) is 48.1 Å². The Labute approximate surface area is 376 Å². The molecule has 0 aromatic carbocycles. The number of hydrogen-bond donors (Lipinski definition) is 5. The molecule has 4 heterocycles. The molecule has 362 valence electrons. The van der Waals surface area contributed by atoms with Crippen LogP contribution in [0, 0.1) is 16.7 Å². The maximum atomic E-state index is 13.5. The summed E-state index contributed by atoms with van der Waals surface area (Å²) in [4.78, 5) is 52.5. The van der Waals surface area contributed by atoms with Crippen molar-refractivity contribution in [3.05, 3.63) is 48.1 Å². The smallest absolute Gasteiger partial charge is 0.331 e. The fourth-order valence-electron chi connectivity index (χ4n) is 9.03. The largest absolute Gasteiger partial charge is 0.469 e. The first-order valence-electron chi connectivity index (χ1n) is 22.4. The first-order chi connectivity index (χ1) is 29.9. The molecule has 17 nitrogen and oxygen atoms in total. The molecule has 13 atom stereocenters. The van der Waals surface area contributed by atoms with Crippen molar-refractivity contribution < 1.29 is 82.6 Å². The Morgan fingerprint density at radius 2 is 1.61 bits per heavy atom. The zero-order valence-corrected chi connectivity index (χ0v) is 38.8. The zero-order chi connectivity index (χ0) is 47.6. The molecule has 4 aliphatic rings. The van der Waals surface area contributed by atoms with Gasteiger partial charge in [0, 0.05) is 54.6 Å². The van der Waals surface area contributed by atoms with E-state index in [0.717, 1.165) is 12.8 Å². The number of hydrogen-bond acceptors (Lipinski definition) is 17. The van der Waals surface area contributed by atoms with Crippen LogP contribution in [0.1, 0.15) is 119 Å². The van der Waals surface area contributed by atoms with Crippen LogP contribution in [0.5, 0.6) is 0 Å². The predicted octanol–water partition coefficient (Wildman–Crippen LogP) is 4.15. The number of ether oxygens (including phenoxy) is 8. The highest BCUT2D eigenvalue weighted by Gasteiger charge is 2.60. The minimum atomic E-state index is -2.39. The van der Waals surface area contributed by atoms with E-state index in [-0.39, 0.29) is 51.4 Å². The van der Waals surface area contributed by atoms with Gasteiger partial charge in [-0.3, -0.25) is 9.59 Å². The second-order valence-electron chi connectivity index (χ2n) is 18.8. The van der Waals surface area contributed by atoms with Crippen LogP contribution in [0.4, 0.5) is 0 Å². The number of unbranched alkanes of at least 4 members (excludes halogenated alkanes) is 1. The van der Waals surface area contributed by atoms with Gasteiger partial charge in [-0.15, -0.1) is 0 Å². The molecule has 4 rings (SSSR count). The van der Waals surface area contributed by atoms with Gasteiger partial charge in [-0.1, -0.05) is 77.0 Å². The van der Waals surface area contributed by atoms with E-state index in [2.05, 4.69) is 0 Å². The third-order valence-corrected chi connectivity index (χ3v) is 12.8. The van der Waals surface area contributed by atoms with Crippen LogP contribution in [0.3, 0.4) is 0 Å². The van der Waals surface area contributed by atoms with E-state index in [1.807, 2.05) is 13.0 Å². The van der Waals surface area contributed by atoms with Crippen molar-refractivity contribution in [2.45, 2.75) is 192 Å². The Hall–Kier alpha value is -3.52. The Balaban J connectivity index is 1.87. The number of allylic oxidation sites excluding steroid dienone is 3. The number of aliphatic hydroxyl groups excluding tert-OH is 3. The monoisotopic (exact) mass is 908 g/mol. The van der Waals surface area contributed by atoms with Crippen LogP contribution in [-0.4, -0.2) is 136 Å². The van der Waals surface area contributed by atoms with Crippen molar-refractivity contribution in [1.82, 2.24) is 0 Å². The minimum Gasteiger partial charge on any atom is -0.469 e. The number of methoxy groups -OCH3 is 2. The Morgan fingerprint density at radius 3 is 2.25 bits per heavy atom. The highest BCUT2D eigenvalue weighted by atomic mass is 16.7. The second-order valence-corrected chi connectivity index (χ2v) is 18.8. The summed E-state index contributed by atoms with van der Waals surface area (Å²) in [5.41, 5.74) is -2.02. The molecule has 0 aliphatic carbocycles. The lowest BCUT2D eigenvalue weighted by molar-refractivity contribution is -0.361. The van der Waals surface area contributed by atoms with Crippen molar-refractivity contribution in [3.63, 3.8) is 0 Å². The second kappa shape index (κ2) is 22.8. The molecule has 4 unspecified atom stereocenters. The van der Waals surface area contributed by atoms with E-state index in [9.17, 15) is 44.7 Å². The fraction of sp³-hybridized carbons (Fsp3) is 0.745. The number of aliphatic hydroxyl groups is 5. The van der Waals surface area contributed by atoms with Gasteiger partial charge in [-0.25, -0.2) is 9.59 Å².